The lowest BCUT2D eigenvalue weighted by Crippen LogP contribution is -2.50. The zero-order valence-corrected chi connectivity index (χ0v) is 26.0. The number of hydrazine groups is 1. The Morgan fingerprint density at radius 2 is 1.67 bits per heavy atom. The number of fused-ring (bicyclic) bond motifs is 2. The molecular formula is C32H42FN5O5. The maximum Gasteiger partial charge on any atom is 0.410 e. The maximum atomic E-state index is 13.7. The van der Waals surface area contributed by atoms with Crippen molar-refractivity contribution in [3.8, 4) is 0 Å². The van der Waals surface area contributed by atoms with Crippen molar-refractivity contribution in [2.24, 2.45) is 0 Å². The number of ether oxygens (including phenoxy) is 1. The highest BCUT2D eigenvalue weighted by molar-refractivity contribution is 6.01. The molecule has 2 aromatic carbocycles. The number of hydrogen-bond acceptors (Lipinski definition) is 7. The van der Waals surface area contributed by atoms with Gasteiger partial charge in [0.15, 0.2) is 5.78 Å². The minimum atomic E-state index is -0.673. The Morgan fingerprint density at radius 3 is 2.37 bits per heavy atom. The molecule has 1 aliphatic heterocycles. The molecule has 2 aliphatic rings. The molecule has 4 rings (SSSR count). The van der Waals surface area contributed by atoms with Crippen LogP contribution >= 0.6 is 0 Å². The number of Topliss-reactive ketones (excluding diaryl/α,β-unsaturated/α-hetero) is 1. The van der Waals surface area contributed by atoms with Gasteiger partial charge in [0.25, 0.3) is 5.91 Å². The second-order valence-corrected chi connectivity index (χ2v) is 12.1. The fraction of sp³-hybridized carbons (Fsp3) is 0.500. The zero-order chi connectivity index (χ0) is 31.5. The van der Waals surface area contributed by atoms with Crippen LogP contribution in [-0.2, 0) is 33.8 Å². The Morgan fingerprint density at radius 1 is 0.977 bits per heavy atom. The number of aryl methyl sites for hydroxylation is 2. The number of ketones is 1. The van der Waals surface area contributed by atoms with Crippen molar-refractivity contribution in [1.29, 1.82) is 0 Å². The standard InChI is InChI=1S/C32H42FN5O5/c1-7-36(31(42)43-32(3,4)5)12-13-37(20-30(41)35(6)38-18-23-8-10-25(33)15-24(23)19-38)29(40)17-34-27-16-26-22(14-21(27)2)9-11-28(26)39/h8,10,14-16,34H,7,9,11-13,17-20H2,1-6H3. The number of anilines is 1. The largest absolute Gasteiger partial charge is 0.444 e. The van der Waals surface area contributed by atoms with Crippen LogP contribution in [0.3, 0.4) is 0 Å². The van der Waals surface area contributed by atoms with Crippen LogP contribution < -0.4 is 5.32 Å². The Kier molecular flexibility index (Phi) is 9.74. The van der Waals surface area contributed by atoms with Gasteiger partial charge in [-0.05, 0) is 81.5 Å². The van der Waals surface area contributed by atoms with Crippen molar-refractivity contribution in [1.82, 2.24) is 19.8 Å². The van der Waals surface area contributed by atoms with Crippen LogP contribution in [0.5, 0.6) is 0 Å². The van der Waals surface area contributed by atoms with Crippen LogP contribution in [-0.4, -0.2) is 88.9 Å². The number of likely N-dealkylation sites (N-methyl/N-ethyl adjacent to an activating group) is 2. The van der Waals surface area contributed by atoms with Gasteiger partial charge in [0, 0.05) is 57.4 Å². The smallest absolute Gasteiger partial charge is 0.410 e. The van der Waals surface area contributed by atoms with Gasteiger partial charge in [-0.1, -0.05) is 12.1 Å². The molecule has 0 bridgehead atoms. The SMILES string of the molecule is CCN(CCN(CC(=O)N(C)N1Cc2ccc(F)cc2C1)C(=O)CNc1cc2c(cc1C)CCC2=O)C(=O)OC(C)(C)C. The topological polar surface area (TPSA) is 103 Å². The van der Waals surface area contributed by atoms with E-state index in [1.165, 1.54) is 26.9 Å². The first-order valence-corrected chi connectivity index (χ1v) is 14.7. The van der Waals surface area contributed by atoms with E-state index < -0.39 is 11.7 Å². The third-order valence-corrected chi connectivity index (χ3v) is 7.81. The molecule has 1 aliphatic carbocycles. The van der Waals surface area contributed by atoms with Gasteiger partial charge >= 0.3 is 6.09 Å². The summed E-state index contributed by atoms with van der Waals surface area (Å²) >= 11 is 0. The molecule has 0 saturated heterocycles. The maximum absolute atomic E-state index is 13.7. The van der Waals surface area contributed by atoms with Gasteiger partial charge in [0.2, 0.25) is 5.91 Å². The van der Waals surface area contributed by atoms with Crippen LogP contribution in [0.1, 0.15) is 66.7 Å². The van der Waals surface area contributed by atoms with Crippen molar-refractivity contribution >= 4 is 29.4 Å². The molecule has 3 amide bonds. The molecule has 0 spiro atoms. The second kappa shape index (κ2) is 13.1. The number of nitrogens with one attached hydrogen (secondary N) is 1. The first-order valence-electron chi connectivity index (χ1n) is 14.7. The van der Waals surface area contributed by atoms with E-state index in [-0.39, 0.29) is 49.6 Å². The van der Waals surface area contributed by atoms with Crippen LogP contribution in [0.15, 0.2) is 30.3 Å². The lowest BCUT2D eigenvalue weighted by molar-refractivity contribution is -0.151. The minimum Gasteiger partial charge on any atom is -0.444 e. The van der Waals surface area contributed by atoms with Gasteiger partial charge < -0.3 is 19.9 Å². The number of rotatable bonds is 10. The van der Waals surface area contributed by atoms with Crippen molar-refractivity contribution < 1.29 is 28.3 Å². The molecule has 0 atom stereocenters. The van der Waals surface area contributed by atoms with Gasteiger partial charge in [-0.15, -0.1) is 0 Å². The van der Waals surface area contributed by atoms with E-state index in [1.807, 2.05) is 19.9 Å². The van der Waals surface area contributed by atoms with E-state index in [0.717, 1.165) is 28.7 Å². The van der Waals surface area contributed by atoms with Gasteiger partial charge in [-0.2, -0.15) is 0 Å². The normalized spacial score (nSPS) is 14.3. The third-order valence-electron chi connectivity index (χ3n) is 7.81. The summed E-state index contributed by atoms with van der Waals surface area (Å²) in [6, 6.07) is 8.37. The first kappa shape index (κ1) is 31.9. The Balaban J connectivity index is 1.45. The van der Waals surface area contributed by atoms with Gasteiger partial charge in [-0.25, -0.2) is 14.2 Å². The monoisotopic (exact) mass is 595 g/mol. The molecule has 0 radical (unpaired) electrons. The first-order chi connectivity index (χ1) is 20.3. The average Bonchev–Trinajstić information content (AvgIpc) is 3.52. The van der Waals surface area contributed by atoms with Gasteiger partial charge in [0.1, 0.15) is 18.0 Å². The molecule has 0 fully saturated rings. The summed E-state index contributed by atoms with van der Waals surface area (Å²) in [5.41, 5.74) is 4.40. The van der Waals surface area contributed by atoms with E-state index in [0.29, 0.717) is 37.3 Å². The van der Waals surface area contributed by atoms with Gasteiger partial charge in [0.05, 0.1) is 6.54 Å². The van der Waals surface area contributed by atoms with Gasteiger partial charge in [-0.3, -0.25) is 19.4 Å². The summed E-state index contributed by atoms with van der Waals surface area (Å²) < 4.78 is 19.2. The molecule has 43 heavy (non-hydrogen) atoms. The molecule has 1 N–H and O–H groups in total. The van der Waals surface area contributed by atoms with E-state index >= 15 is 0 Å². The number of nitrogens with zero attached hydrogens (tertiary/aromatic N) is 4. The highest BCUT2D eigenvalue weighted by Gasteiger charge is 2.29. The van der Waals surface area contributed by atoms with Crippen LogP contribution in [0.2, 0.25) is 0 Å². The number of halogens is 1. The summed E-state index contributed by atoms with van der Waals surface area (Å²) in [6.07, 6.45) is 0.716. The number of hydrogen-bond donors (Lipinski definition) is 1. The van der Waals surface area contributed by atoms with Crippen LogP contribution in [0, 0.1) is 12.7 Å². The molecule has 11 heteroatoms. The second-order valence-electron chi connectivity index (χ2n) is 12.1. The Hall–Kier alpha value is -3.99. The molecule has 1 heterocycles. The molecule has 232 valence electrons. The number of benzene rings is 2. The predicted molar refractivity (Wildman–Crippen MR) is 161 cm³/mol. The molecule has 2 aromatic rings. The Labute approximate surface area is 252 Å². The fourth-order valence-corrected chi connectivity index (χ4v) is 5.31. The summed E-state index contributed by atoms with van der Waals surface area (Å²) in [5, 5.41) is 6.42. The van der Waals surface area contributed by atoms with Crippen molar-refractivity contribution in [3.63, 3.8) is 0 Å². The van der Waals surface area contributed by atoms with E-state index in [1.54, 1.807) is 45.0 Å². The van der Waals surface area contributed by atoms with Crippen molar-refractivity contribution in [2.75, 3.05) is 45.1 Å². The molecule has 0 saturated carbocycles. The fourth-order valence-electron chi connectivity index (χ4n) is 5.31. The summed E-state index contributed by atoms with van der Waals surface area (Å²) in [7, 11) is 1.63. The van der Waals surface area contributed by atoms with Crippen molar-refractivity contribution in [3.05, 3.63) is 64.0 Å². The molecule has 0 aromatic heterocycles. The molecular weight excluding hydrogens is 553 g/mol. The number of carbonyl (C=O) groups excluding carboxylic acids is 4. The van der Waals surface area contributed by atoms with Crippen LogP contribution in [0.4, 0.5) is 14.9 Å². The van der Waals surface area contributed by atoms with Crippen molar-refractivity contribution in [2.45, 2.75) is 66.2 Å². The molecule has 0 unspecified atom stereocenters. The highest BCUT2D eigenvalue weighted by atomic mass is 19.1. The quantitative estimate of drug-likeness (QED) is 0.440. The summed E-state index contributed by atoms with van der Waals surface area (Å²) in [5.74, 6) is -0.887. The Bertz CT molecular complexity index is 1410. The van der Waals surface area contributed by atoms with E-state index in [9.17, 15) is 23.6 Å². The number of amides is 3. The predicted octanol–water partition coefficient (Wildman–Crippen LogP) is 4.15. The van der Waals surface area contributed by atoms with E-state index in [2.05, 4.69) is 5.32 Å². The third kappa shape index (κ3) is 7.90. The lowest BCUT2D eigenvalue weighted by Gasteiger charge is -2.32. The minimum absolute atomic E-state index is 0.0910. The van der Waals surface area contributed by atoms with Crippen LogP contribution in [0.25, 0.3) is 0 Å². The zero-order valence-electron chi connectivity index (χ0n) is 26.0. The average molecular weight is 596 g/mol. The van der Waals surface area contributed by atoms with E-state index in [4.69, 9.17) is 4.74 Å². The lowest BCUT2D eigenvalue weighted by atomic mass is 10.0. The molecule has 10 nitrogen and oxygen atoms in total. The summed E-state index contributed by atoms with van der Waals surface area (Å²) in [4.78, 5) is 54.9. The number of carbonyl (C=O) groups is 4. The highest BCUT2D eigenvalue weighted by Crippen LogP contribution is 2.28. The summed E-state index contributed by atoms with van der Waals surface area (Å²) in [6.45, 7) is 10.3.